The second kappa shape index (κ2) is 10.5. The maximum Gasteiger partial charge on any atom is 0.238 e. The van der Waals surface area contributed by atoms with Crippen molar-refractivity contribution in [2.45, 2.75) is 37.0 Å². The molecule has 1 aromatic rings. The normalized spacial score (nSPS) is 15.2. The molecule has 1 saturated carbocycles. The monoisotopic (exact) mass is 363 g/mol. The molecule has 25 heavy (non-hydrogen) atoms. The van der Waals surface area contributed by atoms with Gasteiger partial charge in [-0.05, 0) is 44.2 Å². The van der Waals surface area contributed by atoms with Crippen LogP contribution in [0.2, 0.25) is 0 Å². The molecule has 1 aliphatic rings. The molecule has 0 saturated heterocycles. The number of hydrogen-bond acceptors (Lipinski definition) is 4. The molecule has 0 aromatic heterocycles. The van der Waals surface area contributed by atoms with Crippen LogP contribution in [0.4, 0.5) is 5.69 Å². The molecule has 138 valence electrons. The van der Waals surface area contributed by atoms with Crippen molar-refractivity contribution in [3.63, 3.8) is 0 Å². The first-order chi connectivity index (χ1) is 12.1. The van der Waals surface area contributed by atoms with Crippen LogP contribution >= 0.6 is 11.8 Å². The summed E-state index contributed by atoms with van der Waals surface area (Å²) in [6, 6.07) is 7.71. The van der Waals surface area contributed by atoms with E-state index in [0.717, 1.165) is 17.1 Å². The Bertz CT molecular complexity index is 574. The van der Waals surface area contributed by atoms with Crippen molar-refractivity contribution in [1.29, 1.82) is 0 Å². The third-order valence-electron chi connectivity index (χ3n) is 4.52. The molecule has 0 aliphatic heterocycles. The quantitative estimate of drug-likeness (QED) is 0.697. The average molecular weight is 364 g/mol. The van der Waals surface area contributed by atoms with E-state index < -0.39 is 0 Å². The van der Waals surface area contributed by atoms with Gasteiger partial charge in [0.05, 0.1) is 18.8 Å². The minimum atomic E-state index is -0.107. The third-order valence-corrected chi connectivity index (χ3v) is 5.32. The molecule has 0 heterocycles. The maximum absolute atomic E-state index is 12.2. The fourth-order valence-electron chi connectivity index (χ4n) is 3.19. The summed E-state index contributed by atoms with van der Waals surface area (Å²) in [4.78, 5) is 27.0. The van der Waals surface area contributed by atoms with Crippen LogP contribution in [0, 0.1) is 5.92 Å². The van der Waals surface area contributed by atoms with Gasteiger partial charge < -0.3 is 10.6 Å². The first-order valence-electron chi connectivity index (χ1n) is 8.96. The van der Waals surface area contributed by atoms with Crippen molar-refractivity contribution in [3.05, 3.63) is 24.3 Å². The lowest BCUT2D eigenvalue weighted by molar-refractivity contribution is -0.123. The number of nitrogens with one attached hydrogen (secondary N) is 2. The second-order valence-corrected chi connectivity index (χ2v) is 7.58. The highest BCUT2D eigenvalue weighted by Crippen LogP contribution is 2.24. The van der Waals surface area contributed by atoms with Gasteiger partial charge in [-0.1, -0.05) is 31.4 Å². The lowest BCUT2D eigenvalue weighted by Gasteiger charge is -2.22. The molecule has 1 fully saturated rings. The average Bonchev–Trinajstić information content (AvgIpc) is 2.61. The van der Waals surface area contributed by atoms with Gasteiger partial charge in [-0.15, -0.1) is 11.8 Å². The molecule has 0 bridgehead atoms. The molecule has 0 spiro atoms. The van der Waals surface area contributed by atoms with Crippen molar-refractivity contribution in [2.24, 2.45) is 5.92 Å². The summed E-state index contributed by atoms with van der Waals surface area (Å²) in [5, 5.41) is 5.92. The number of carbonyl (C=O) groups is 2. The number of anilines is 1. The Morgan fingerprint density at radius 3 is 2.52 bits per heavy atom. The highest BCUT2D eigenvalue weighted by atomic mass is 32.2. The second-order valence-electron chi connectivity index (χ2n) is 6.73. The van der Waals surface area contributed by atoms with E-state index in [1.54, 1.807) is 23.7 Å². The van der Waals surface area contributed by atoms with Gasteiger partial charge >= 0.3 is 0 Å². The Morgan fingerprint density at radius 1 is 1.12 bits per heavy atom. The topological polar surface area (TPSA) is 61.4 Å². The van der Waals surface area contributed by atoms with Crippen molar-refractivity contribution >= 4 is 29.3 Å². The zero-order chi connectivity index (χ0) is 18.1. The van der Waals surface area contributed by atoms with Gasteiger partial charge in [0, 0.05) is 11.4 Å². The molecule has 1 aromatic carbocycles. The fraction of sp³-hybridized carbons (Fsp3) is 0.579. The van der Waals surface area contributed by atoms with Crippen LogP contribution in [0.15, 0.2) is 29.2 Å². The van der Waals surface area contributed by atoms with Crippen LogP contribution in [-0.4, -0.2) is 49.7 Å². The molecule has 5 nitrogen and oxygen atoms in total. The Balaban J connectivity index is 1.70. The third kappa shape index (κ3) is 7.08. The Hall–Kier alpha value is -1.53. The number of rotatable bonds is 8. The number of para-hydroxylation sites is 1. The molecule has 0 atom stereocenters. The van der Waals surface area contributed by atoms with E-state index >= 15 is 0 Å². The van der Waals surface area contributed by atoms with Crippen molar-refractivity contribution in [2.75, 3.05) is 38.3 Å². The Kier molecular flexibility index (Phi) is 8.28. The van der Waals surface area contributed by atoms with Gasteiger partial charge in [0.1, 0.15) is 0 Å². The van der Waals surface area contributed by atoms with Crippen LogP contribution in [0.25, 0.3) is 0 Å². The van der Waals surface area contributed by atoms with Crippen molar-refractivity contribution < 1.29 is 9.59 Å². The van der Waals surface area contributed by atoms with Crippen molar-refractivity contribution in [3.8, 4) is 0 Å². The summed E-state index contributed by atoms with van der Waals surface area (Å²) >= 11 is 1.59. The molecule has 2 N–H and O–H groups in total. The zero-order valence-corrected chi connectivity index (χ0v) is 16.0. The molecule has 1 aliphatic carbocycles. The van der Waals surface area contributed by atoms with E-state index in [1.807, 2.05) is 30.5 Å². The highest BCUT2D eigenvalue weighted by Gasteiger charge is 2.16. The smallest absolute Gasteiger partial charge is 0.238 e. The maximum atomic E-state index is 12.2. The van der Waals surface area contributed by atoms with Gasteiger partial charge in [-0.25, -0.2) is 0 Å². The summed E-state index contributed by atoms with van der Waals surface area (Å²) < 4.78 is 0. The van der Waals surface area contributed by atoms with Crippen LogP contribution in [-0.2, 0) is 9.59 Å². The number of likely N-dealkylation sites (N-methyl/N-ethyl adjacent to an activating group) is 1. The number of hydrogen-bond donors (Lipinski definition) is 2. The minimum Gasteiger partial charge on any atom is -0.355 e. The van der Waals surface area contributed by atoms with Gasteiger partial charge in [-0.2, -0.15) is 0 Å². The first kappa shape index (κ1) is 19.8. The molecule has 6 heteroatoms. The lowest BCUT2D eigenvalue weighted by atomic mass is 9.89. The van der Waals surface area contributed by atoms with E-state index in [9.17, 15) is 9.59 Å². The summed E-state index contributed by atoms with van der Waals surface area (Å²) in [6.07, 6.45) is 8.28. The van der Waals surface area contributed by atoms with E-state index in [2.05, 4.69) is 10.6 Å². The fourth-order valence-corrected chi connectivity index (χ4v) is 3.74. The molecular formula is C19H29N3O2S. The lowest BCUT2D eigenvalue weighted by Crippen LogP contribution is -2.40. The number of nitrogens with zero attached hydrogens (tertiary/aromatic N) is 1. The molecule has 2 rings (SSSR count). The van der Waals surface area contributed by atoms with Crippen LogP contribution < -0.4 is 10.6 Å². The Labute approximate surface area is 154 Å². The van der Waals surface area contributed by atoms with Crippen LogP contribution in [0.5, 0.6) is 0 Å². The zero-order valence-electron chi connectivity index (χ0n) is 15.2. The van der Waals surface area contributed by atoms with E-state index in [4.69, 9.17) is 0 Å². The number of thioether (sulfide) groups is 1. The molecule has 2 amide bonds. The predicted molar refractivity (Wildman–Crippen MR) is 104 cm³/mol. The van der Waals surface area contributed by atoms with Crippen LogP contribution in [0.1, 0.15) is 32.1 Å². The van der Waals surface area contributed by atoms with Gasteiger partial charge in [0.15, 0.2) is 0 Å². The van der Waals surface area contributed by atoms with E-state index in [1.165, 1.54) is 32.1 Å². The molecule has 0 unspecified atom stereocenters. The van der Waals surface area contributed by atoms with Gasteiger partial charge in [0.25, 0.3) is 0 Å². The summed E-state index contributed by atoms with van der Waals surface area (Å²) in [5.74, 6) is 0.504. The number of carbonyl (C=O) groups excluding carboxylic acids is 2. The van der Waals surface area contributed by atoms with E-state index in [0.29, 0.717) is 5.92 Å². The molecule has 0 radical (unpaired) electrons. The van der Waals surface area contributed by atoms with Gasteiger partial charge in [0.2, 0.25) is 11.8 Å². The Morgan fingerprint density at radius 2 is 1.80 bits per heavy atom. The first-order valence-corrected chi connectivity index (χ1v) is 10.2. The predicted octanol–water partition coefficient (Wildman–Crippen LogP) is 2.98. The highest BCUT2D eigenvalue weighted by molar-refractivity contribution is 7.98. The standard InChI is InChI=1S/C19H29N3O2S/c1-22(13-18(23)20-12-15-8-4-3-5-9-15)14-19(24)21-16-10-6-7-11-17(16)25-2/h6-7,10-11,15H,3-5,8-9,12-14H2,1-2H3,(H,20,23)(H,21,24). The summed E-state index contributed by atoms with van der Waals surface area (Å²) in [5.41, 5.74) is 0.815. The SMILES string of the molecule is CSc1ccccc1NC(=O)CN(C)CC(=O)NCC1CCCCC1. The summed E-state index contributed by atoms with van der Waals surface area (Å²) in [6.45, 7) is 1.20. The number of benzene rings is 1. The van der Waals surface area contributed by atoms with E-state index in [-0.39, 0.29) is 24.9 Å². The minimum absolute atomic E-state index is 0.00890. The van der Waals surface area contributed by atoms with Gasteiger partial charge in [-0.3, -0.25) is 14.5 Å². The van der Waals surface area contributed by atoms with Crippen LogP contribution in [0.3, 0.4) is 0 Å². The van der Waals surface area contributed by atoms with Crippen molar-refractivity contribution in [1.82, 2.24) is 10.2 Å². The molecular weight excluding hydrogens is 334 g/mol. The number of amides is 2. The summed E-state index contributed by atoms with van der Waals surface area (Å²) in [7, 11) is 1.79. The largest absolute Gasteiger partial charge is 0.355 e.